The van der Waals surface area contributed by atoms with Gasteiger partial charge in [0.2, 0.25) is 5.91 Å². The second-order valence-corrected chi connectivity index (χ2v) is 8.08. The summed E-state index contributed by atoms with van der Waals surface area (Å²) in [4.78, 5) is 19.4. The normalized spacial score (nSPS) is 12.2. The first-order valence-corrected chi connectivity index (χ1v) is 10.0. The van der Waals surface area contributed by atoms with Crippen LogP contribution in [0, 0.1) is 0 Å². The van der Waals surface area contributed by atoms with Crippen molar-refractivity contribution in [1.82, 2.24) is 9.88 Å². The zero-order chi connectivity index (χ0) is 19.7. The minimum absolute atomic E-state index is 0.0899. The Hall–Kier alpha value is -2.92. The predicted octanol–water partition coefficient (Wildman–Crippen LogP) is 5.22. The molecule has 0 saturated heterocycles. The van der Waals surface area contributed by atoms with Crippen molar-refractivity contribution in [3.63, 3.8) is 0 Å². The van der Waals surface area contributed by atoms with E-state index >= 15 is 0 Å². The van der Waals surface area contributed by atoms with Crippen LogP contribution in [0.4, 0.5) is 0 Å². The number of methoxy groups -OCH3 is 1. The molecule has 0 radical (unpaired) electrons. The average Bonchev–Trinajstić information content (AvgIpc) is 3.14. The van der Waals surface area contributed by atoms with Crippen molar-refractivity contribution in [2.75, 3.05) is 14.2 Å². The van der Waals surface area contributed by atoms with E-state index in [9.17, 15) is 4.79 Å². The lowest BCUT2D eigenvalue weighted by molar-refractivity contribution is -0.131. The van der Waals surface area contributed by atoms with Crippen molar-refractivity contribution in [3.05, 3.63) is 71.2 Å². The highest BCUT2D eigenvalue weighted by Gasteiger charge is 2.20. The Kier molecular flexibility index (Phi) is 5.01. The lowest BCUT2D eigenvalue weighted by atomic mass is 9.96. The summed E-state index contributed by atoms with van der Waals surface area (Å²) in [6.45, 7) is 2.48. The van der Waals surface area contributed by atoms with E-state index in [4.69, 9.17) is 4.74 Å². The smallest absolute Gasteiger partial charge is 0.229 e. The van der Waals surface area contributed by atoms with Gasteiger partial charge in [-0.2, -0.15) is 0 Å². The first kappa shape index (κ1) is 18.4. The molecule has 0 fully saturated rings. The van der Waals surface area contributed by atoms with Crippen molar-refractivity contribution in [3.8, 4) is 5.75 Å². The molecule has 4 nitrogen and oxygen atoms in total. The van der Waals surface area contributed by atoms with Crippen LogP contribution < -0.4 is 4.74 Å². The van der Waals surface area contributed by atoms with E-state index in [1.165, 1.54) is 0 Å². The van der Waals surface area contributed by atoms with Crippen LogP contribution in [-0.2, 0) is 11.3 Å². The molecule has 3 aromatic carbocycles. The zero-order valence-corrected chi connectivity index (χ0v) is 17.0. The van der Waals surface area contributed by atoms with E-state index in [-0.39, 0.29) is 11.8 Å². The summed E-state index contributed by atoms with van der Waals surface area (Å²) in [5.74, 6) is 0.706. The fourth-order valence-electron chi connectivity index (χ4n) is 3.38. The number of para-hydroxylation sites is 1. The van der Waals surface area contributed by atoms with Crippen LogP contribution in [0.25, 0.3) is 21.0 Å². The maximum atomic E-state index is 13.0. The highest BCUT2D eigenvalue weighted by molar-refractivity contribution is 7.18. The number of fused-ring (bicyclic) bond motifs is 2. The number of amides is 1. The van der Waals surface area contributed by atoms with Gasteiger partial charge in [-0.15, -0.1) is 11.3 Å². The summed E-state index contributed by atoms with van der Waals surface area (Å²) in [5.41, 5.74) is 2.00. The van der Waals surface area contributed by atoms with Gasteiger partial charge in [0.05, 0.1) is 29.8 Å². The van der Waals surface area contributed by atoms with Crippen molar-refractivity contribution in [1.29, 1.82) is 0 Å². The molecule has 1 heterocycles. The third-order valence-electron chi connectivity index (χ3n) is 5.03. The van der Waals surface area contributed by atoms with Crippen LogP contribution in [0.5, 0.6) is 5.75 Å². The first-order valence-electron chi connectivity index (χ1n) is 9.22. The zero-order valence-electron chi connectivity index (χ0n) is 16.2. The summed E-state index contributed by atoms with van der Waals surface area (Å²) in [5, 5.41) is 3.16. The Labute approximate surface area is 168 Å². The summed E-state index contributed by atoms with van der Waals surface area (Å²) < 4.78 is 6.43. The molecule has 0 aliphatic rings. The van der Waals surface area contributed by atoms with Gasteiger partial charge in [-0.1, -0.05) is 36.4 Å². The number of ether oxygens (including phenoxy) is 1. The summed E-state index contributed by atoms with van der Waals surface area (Å²) in [6.07, 6.45) is 0. The van der Waals surface area contributed by atoms with Gasteiger partial charge < -0.3 is 9.64 Å². The van der Waals surface area contributed by atoms with Crippen LogP contribution in [0.1, 0.15) is 23.4 Å². The minimum atomic E-state index is -0.217. The molecule has 0 N–H and O–H groups in total. The van der Waals surface area contributed by atoms with Gasteiger partial charge in [0.1, 0.15) is 10.8 Å². The average molecular weight is 391 g/mol. The van der Waals surface area contributed by atoms with Gasteiger partial charge in [0, 0.05) is 7.05 Å². The largest absolute Gasteiger partial charge is 0.497 e. The van der Waals surface area contributed by atoms with E-state index in [0.29, 0.717) is 6.54 Å². The minimum Gasteiger partial charge on any atom is -0.497 e. The van der Waals surface area contributed by atoms with Gasteiger partial charge in [0.15, 0.2) is 0 Å². The number of carbonyl (C=O) groups is 1. The molecule has 1 amide bonds. The summed E-state index contributed by atoms with van der Waals surface area (Å²) in [6, 6.07) is 20.2. The van der Waals surface area contributed by atoms with Crippen molar-refractivity contribution >= 4 is 38.2 Å². The molecule has 142 valence electrons. The number of rotatable bonds is 5. The number of benzene rings is 3. The Balaban J connectivity index is 1.52. The number of nitrogens with zero attached hydrogens (tertiary/aromatic N) is 2. The highest BCUT2D eigenvalue weighted by Crippen LogP contribution is 2.27. The Morgan fingerprint density at radius 1 is 1.11 bits per heavy atom. The van der Waals surface area contributed by atoms with Gasteiger partial charge in [0.25, 0.3) is 0 Å². The Morgan fingerprint density at radius 2 is 1.86 bits per heavy atom. The molecule has 1 unspecified atom stereocenters. The van der Waals surface area contributed by atoms with Crippen molar-refractivity contribution in [2.24, 2.45) is 0 Å². The number of hydrogen-bond donors (Lipinski definition) is 0. The molecular formula is C23H22N2O2S. The Morgan fingerprint density at radius 3 is 2.64 bits per heavy atom. The van der Waals surface area contributed by atoms with Crippen LogP contribution in [0.2, 0.25) is 0 Å². The SMILES string of the molecule is COc1ccc2cc(C(C)C(=O)N(C)Cc3nc4ccccc4s3)ccc2c1. The maximum absolute atomic E-state index is 13.0. The van der Waals surface area contributed by atoms with Crippen LogP contribution >= 0.6 is 11.3 Å². The molecule has 0 spiro atoms. The van der Waals surface area contributed by atoms with E-state index < -0.39 is 0 Å². The molecule has 0 bridgehead atoms. The van der Waals surface area contributed by atoms with E-state index in [1.807, 2.05) is 62.5 Å². The van der Waals surface area contributed by atoms with Crippen molar-refractivity contribution in [2.45, 2.75) is 19.4 Å². The monoisotopic (exact) mass is 390 g/mol. The molecule has 0 aliphatic carbocycles. The van der Waals surface area contributed by atoms with Gasteiger partial charge in [-0.05, 0) is 47.5 Å². The summed E-state index contributed by atoms with van der Waals surface area (Å²) >= 11 is 1.64. The lowest BCUT2D eigenvalue weighted by Crippen LogP contribution is -2.30. The molecule has 4 rings (SSSR count). The Bertz CT molecular complexity index is 1120. The highest BCUT2D eigenvalue weighted by atomic mass is 32.1. The molecule has 1 aromatic heterocycles. The number of likely N-dealkylation sites (N-methyl/N-ethyl adjacent to an activating group) is 1. The van der Waals surface area contributed by atoms with E-state index in [0.717, 1.165) is 37.3 Å². The number of hydrogen-bond acceptors (Lipinski definition) is 4. The van der Waals surface area contributed by atoms with E-state index in [1.54, 1.807) is 23.3 Å². The maximum Gasteiger partial charge on any atom is 0.229 e. The molecule has 0 saturated carbocycles. The predicted molar refractivity (Wildman–Crippen MR) is 115 cm³/mol. The molecule has 28 heavy (non-hydrogen) atoms. The van der Waals surface area contributed by atoms with Crippen LogP contribution in [-0.4, -0.2) is 29.9 Å². The van der Waals surface area contributed by atoms with Gasteiger partial charge in [-0.3, -0.25) is 4.79 Å². The van der Waals surface area contributed by atoms with Gasteiger partial charge >= 0.3 is 0 Å². The molecule has 4 aromatic rings. The first-order chi connectivity index (χ1) is 13.5. The third-order valence-corrected chi connectivity index (χ3v) is 6.05. The van der Waals surface area contributed by atoms with E-state index in [2.05, 4.69) is 17.1 Å². The van der Waals surface area contributed by atoms with Crippen LogP contribution in [0.3, 0.4) is 0 Å². The molecule has 5 heteroatoms. The number of aromatic nitrogens is 1. The second-order valence-electron chi connectivity index (χ2n) is 6.96. The van der Waals surface area contributed by atoms with Crippen molar-refractivity contribution < 1.29 is 9.53 Å². The van der Waals surface area contributed by atoms with Crippen LogP contribution in [0.15, 0.2) is 60.7 Å². The second kappa shape index (κ2) is 7.60. The molecule has 1 atom stereocenters. The summed E-state index contributed by atoms with van der Waals surface area (Å²) in [7, 11) is 3.51. The third kappa shape index (κ3) is 3.58. The standard InChI is InChI=1S/C23H22N2O2S/c1-15(16-8-9-18-13-19(27-3)11-10-17(18)12-16)23(26)25(2)14-22-24-20-6-4-5-7-21(20)28-22/h4-13,15H,14H2,1-3H3. The quantitative estimate of drug-likeness (QED) is 0.469. The topological polar surface area (TPSA) is 42.4 Å². The number of thiazole rings is 1. The lowest BCUT2D eigenvalue weighted by Gasteiger charge is -2.21. The molecule has 0 aliphatic heterocycles. The fourth-order valence-corrected chi connectivity index (χ4v) is 4.40. The fraction of sp³-hybridized carbons (Fsp3) is 0.217. The number of carbonyl (C=O) groups excluding carboxylic acids is 1. The molecular weight excluding hydrogens is 368 g/mol. The van der Waals surface area contributed by atoms with Gasteiger partial charge in [-0.25, -0.2) is 4.98 Å².